The van der Waals surface area contributed by atoms with E-state index in [1.807, 2.05) is 0 Å². The molecule has 0 spiro atoms. The average molecular weight is 392 g/mol. The lowest BCUT2D eigenvalue weighted by Crippen LogP contribution is -2.39. The molecule has 4 nitrogen and oxygen atoms in total. The highest BCUT2D eigenvalue weighted by molar-refractivity contribution is 5.52. The maximum Gasteiger partial charge on any atom is 0.127 e. The molecule has 160 valence electrons. The van der Waals surface area contributed by atoms with Gasteiger partial charge in [0.2, 0.25) is 0 Å². The summed E-state index contributed by atoms with van der Waals surface area (Å²) in [6.45, 7) is 14.0. The molecule has 1 saturated carbocycles. The van der Waals surface area contributed by atoms with E-state index in [9.17, 15) is 5.11 Å². The molecule has 1 aliphatic rings. The Kier molecular flexibility index (Phi) is 7.81. The Hall–Kier alpha value is -1.26. The smallest absolute Gasteiger partial charge is 0.127 e. The number of methoxy groups -OCH3 is 1. The van der Waals surface area contributed by atoms with Crippen molar-refractivity contribution >= 4 is 0 Å². The van der Waals surface area contributed by atoms with Crippen molar-refractivity contribution in [2.45, 2.75) is 96.6 Å². The van der Waals surface area contributed by atoms with Gasteiger partial charge in [0.05, 0.1) is 7.11 Å². The molecule has 0 bridgehead atoms. The lowest BCUT2D eigenvalue weighted by Gasteiger charge is -2.31. The zero-order valence-electron chi connectivity index (χ0n) is 19.0. The minimum atomic E-state index is -0.523. The van der Waals surface area contributed by atoms with Crippen LogP contribution in [0.4, 0.5) is 0 Å². The lowest BCUT2D eigenvalue weighted by atomic mass is 9.79. The first-order chi connectivity index (χ1) is 13.0. The first-order valence-electron chi connectivity index (χ1n) is 10.8. The molecular weight excluding hydrogens is 350 g/mol. The number of benzene rings is 1. The third-order valence-corrected chi connectivity index (χ3v) is 5.58. The standard InChI is InChI=1S/C24H41NO3/c1-23(2,3)20-13-19(27-7)14-21(24(4,5)6)22(20)28-16-18(26)15-25-17-11-9-8-10-12-17/h13-14,17-18,25-26H,8-12,15-16H2,1-7H3. The molecule has 1 fully saturated rings. The molecule has 0 aromatic heterocycles. The number of ether oxygens (including phenoxy) is 2. The van der Waals surface area contributed by atoms with Crippen molar-refractivity contribution in [1.29, 1.82) is 0 Å². The van der Waals surface area contributed by atoms with Crippen LogP contribution in [-0.4, -0.2) is 37.5 Å². The van der Waals surface area contributed by atoms with Crippen LogP contribution in [0.15, 0.2) is 12.1 Å². The predicted molar refractivity (Wildman–Crippen MR) is 117 cm³/mol. The third-order valence-electron chi connectivity index (χ3n) is 5.58. The molecule has 28 heavy (non-hydrogen) atoms. The maximum absolute atomic E-state index is 10.5. The number of nitrogens with one attached hydrogen (secondary N) is 1. The zero-order valence-corrected chi connectivity index (χ0v) is 19.0. The minimum Gasteiger partial charge on any atom is -0.497 e. The van der Waals surface area contributed by atoms with E-state index in [0.717, 1.165) is 22.6 Å². The molecule has 1 aromatic rings. The Morgan fingerprint density at radius 1 is 1.00 bits per heavy atom. The van der Waals surface area contributed by atoms with Crippen LogP contribution in [0, 0.1) is 0 Å². The largest absolute Gasteiger partial charge is 0.497 e. The van der Waals surface area contributed by atoms with E-state index in [2.05, 4.69) is 59.0 Å². The second-order valence-electron chi connectivity index (χ2n) is 10.3. The van der Waals surface area contributed by atoms with Gasteiger partial charge in [0.15, 0.2) is 0 Å². The summed E-state index contributed by atoms with van der Waals surface area (Å²) in [6, 6.07) is 4.67. The fourth-order valence-electron chi connectivity index (χ4n) is 3.84. The van der Waals surface area contributed by atoms with Gasteiger partial charge in [0, 0.05) is 23.7 Å². The summed E-state index contributed by atoms with van der Waals surface area (Å²) in [4.78, 5) is 0. The molecule has 1 unspecified atom stereocenters. The van der Waals surface area contributed by atoms with Crippen molar-refractivity contribution in [2.24, 2.45) is 0 Å². The number of hydrogen-bond acceptors (Lipinski definition) is 4. The molecule has 1 atom stereocenters. The summed E-state index contributed by atoms with van der Waals surface area (Å²) in [7, 11) is 1.70. The third kappa shape index (κ3) is 6.38. The van der Waals surface area contributed by atoms with Crippen molar-refractivity contribution in [2.75, 3.05) is 20.3 Å². The van der Waals surface area contributed by atoms with Gasteiger partial charge in [-0.1, -0.05) is 60.8 Å². The molecule has 4 heteroatoms. The van der Waals surface area contributed by atoms with E-state index in [0.29, 0.717) is 12.6 Å². The molecular formula is C24H41NO3. The normalized spacial score (nSPS) is 17.4. The van der Waals surface area contributed by atoms with Crippen molar-refractivity contribution in [1.82, 2.24) is 5.32 Å². The molecule has 0 aliphatic heterocycles. The van der Waals surface area contributed by atoms with Crippen LogP contribution in [0.25, 0.3) is 0 Å². The van der Waals surface area contributed by atoms with Gasteiger partial charge in [0.1, 0.15) is 24.2 Å². The topological polar surface area (TPSA) is 50.7 Å². The number of hydrogen-bond donors (Lipinski definition) is 2. The second kappa shape index (κ2) is 9.49. The fraction of sp³-hybridized carbons (Fsp3) is 0.750. The van der Waals surface area contributed by atoms with E-state index >= 15 is 0 Å². The first kappa shape index (κ1) is 23.0. The predicted octanol–water partition coefficient (Wildman–Crippen LogP) is 4.95. The van der Waals surface area contributed by atoms with Gasteiger partial charge in [-0.25, -0.2) is 0 Å². The zero-order chi connectivity index (χ0) is 20.9. The number of aliphatic hydroxyl groups excluding tert-OH is 1. The van der Waals surface area contributed by atoms with E-state index < -0.39 is 6.10 Å². The monoisotopic (exact) mass is 391 g/mol. The molecule has 0 radical (unpaired) electrons. The SMILES string of the molecule is COc1cc(C(C)(C)C)c(OCC(O)CNC2CCCCC2)c(C(C)(C)C)c1. The number of aliphatic hydroxyl groups is 1. The van der Waals surface area contributed by atoms with Gasteiger partial charge in [-0.2, -0.15) is 0 Å². The highest BCUT2D eigenvalue weighted by Gasteiger charge is 2.28. The summed E-state index contributed by atoms with van der Waals surface area (Å²) in [5, 5.41) is 14.0. The van der Waals surface area contributed by atoms with Crippen LogP contribution in [0.2, 0.25) is 0 Å². The van der Waals surface area contributed by atoms with Crippen LogP contribution in [-0.2, 0) is 10.8 Å². The first-order valence-corrected chi connectivity index (χ1v) is 10.8. The summed E-state index contributed by atoms with van der Waals surface area (Å²) in [5.41, 5.74) is 2.05. The van der Waals surface area contributed by atoms with Crippen LogP contribution in [0.1, 0.15) is 84.8 Å². The van der Waals surface area contributed by atoms with Crippen molar-refractivity contribution in [3.63, 3.8) is 0 Å². The van der Waals surface area contributed by atoms with E-state index in [1.165, 1.54) is 32.1 Å². The Bertz CT molecular complexity index is 587. The molecule has 0 saturated heterocycles. The van der Waals surface area contributed by atoms with Gasteiger partial charge in [-0.05, 0) is 35.8 Å². The van der Waals surface area contributed by atoms with Gasteiger partial charge in [-0.15, -0.1) is 0 Å². The summed E-state index contributed by atoms with van der Waals surface area (Å²) in [5.74, 6) is 1.74. The lowest BCUT2D eigenvalue weighted by molar-refractivity contribution is 0.0995. The molecule has 2 N–H and O–H groups in total. The Balaban J connectivity index is 2.15. The Morgan fingerprint density at radius 2 is 1.54 bits per heavy atom. The van der Waals surface area contributed by atoms with Crippen LogP contribution in [0.5, 0.6) is 11.5 Å². The molecule has 0 amide bonds. The molecule has 1 aliphatic carbocycles. The van der Waals surface area contributed by atoms with Gasteiger partial charge in [-0.3, -0.25) is 0 Å². The van der Waals surface area contributed by atoms with Crippen LogP contribution < -0.4 is 14.8 Å². The van der Waals surface area contributed by atoms with Gasteiger partial charge in [0.25, 0.3) is 0 Å². The van der Waals surface area contributed by atoms with Crippen molar-refractivity contribution in [3.8, 4) is 11.5 Å². The van der Waals surface area contributed by atoms with Crippen LogP contribution in [0.3, 0.4) is 0 Å². The highest BCUT2D eigenvalue weighted by Crippen LogP contribution is 2.42. The molecule has 2 rings (SSSR count). The second-order valence-corrected chi connectivity index (χ2v) is 10.3. The molecule has 0 heterocycles. The van der Waals surface area contributed by atoms with E-state index in [-0.39, 0.29) is 17.4 Å². The van der Waals surface area contributed by atoms with Crippen molar-refractivity contribution in [3.05, 3.63) is 23.3 Å². The quantitative estimate of drug-likeness (QED) is 0.690. The maximum atomic E-state index is 10.5. The van der Waals surface area contributed by atoms with Gasteiger partial charge >= 0.3 is 0 Å². The van der Waals surface area contributed by atoms with Crippen molar-refractivity contribution < 1.29 is 14.6 Å². The van der Waals surface area contributed by atoms with Gasteiger partial charge < -0.3 is 19.9 Å². The van der Waals surface area contributed by atoms with E-state index in [1.54, 1.807) is 7.11 Å². The average Bonchev–Trinajstić information content (AvgIpc) is 2.63. The summed E-state index contributed by atoms with van der Waals surface area (Å²) >= 11 is 0. The summed E-state index contributed by atoms with van der Waals surface area (Å²) < 4.78 is 11.8. The molecule has 1 aromatic carbocycles. The van der Waals surface area contributed by atoms with E-state index in [4.69, 9.17) is 9.47 Å². The number of rotatable bonds is 7. The fourth-order valence-corrected chi connectivity index (χ4v) is 3.84. The highest BCUT2D eigenvalue weighted by atomic mass is 16.5. The Labute approximate surface area is 172 Å². The summed E-state index contributed by atoms with van der Waals surface area (Å²) in [6.07, 6.45) is 5.83. The van der Waals surface area contributed by atoms with Crippen LogP contribution >= 0.6 is 0 Å². The Morgan fingerprint density at radius 3 is 2.00 bits per heavy atom. The minimum absolute atomic E-state index is 0.0881.